The van der Waals surface area contributed by atoms with Crippen molar-refractivity contribution in [2.24, 2.45) is 5.92 Å². The maximum Gasteiger partial charge on any atom is 0.142 e. The zero-order chi connectivity index (χ0) is 27.7. The number of anilines is 1. The Bertz CT molecular complexity index is 1010. The summed E-state index contributed by atoms with van der Waals surface area (Å²) < 4.78 is 28.5. The minimum absolute atomic E-state index is 0.114. The van der Waals surface area contributed by atoms with E-state index < -0.39 is 5.60 Å². The summed E-state index contributed by atoms with van der Waals surface area (Å²) in [6.45, 7) is 6.38. The number of methoxy groups -OCH3 is 3. The lowest BCUT2D eigenvalue weighted by Crippen LogP contribution is -2.35. The third-order valence-electron chi connectivity index (χ3n) is 8.24. The fourth-order valence-corrected chi connectivity index (χ4v) is 6.11. The topological polar surface area (TPSA) is 69.6 Å². The molecule has 2 aliphatic rings. The lowest BCUT2D eigenvalue weighted by atomic mass is 9.72. The minimum Gasteiger partial charge on any atom is -0.497 e. The third-order valence-corrected chi connectivity index (χ3v) is 8.24. The molecule has 7 nitrogen and oxygen atoms in total. The molecule has 1 aliphatic carbocycles. The Kier molecular flexibility index (Phi) is 10.9. The third kappa shape index (κ3) is 8.34. The van der Waals surface area contributed by atoms with E-state index in [4.69, 9.17) is 23.7 Å². The molecule has 2 aromatic rings. The molecule has 216 valence electrons. The zero-order valence-corrected chi connectivity index (χ0v) is 24.2. The highest BCUT2D eigenvalue weighted by Crippen LogP contribution is 2.42. The van der Waals surface area contributed by atoms with E-state index in [1.807, 2.05) is 19.1 Å². The van der Waals surface area contributed by atoms with Gasteiger partial charge in [-0.1, -0.05) is 18.2 Å². The zero-order valence-electron chi connectivity index (χ0n) is 24.2. The average molecular weight is 542 g/mol. The number of rotatable bonds is 14. The molecule has 2 aromatic carbocycles. The van der Waals surface area contributed by atoms with Gasteiger partial charge in [-0.15, -0.1) is 0 Å². The summed E-state index contributed by atoms with van der Waals surface area (Å²) in [5, 5.41) is 11.0. The van der Waals surface area contributed by atoms with Crippen LogP contribution >= 0.6 is 0 Å². The molecule has 39 heavy (non-hydrogen) atoms. The largest absolute Gasteiger partial charge is 0.497 e. The second-order valence-corrected chi connectivity index (χ2v) is 11.3. The lowest BCUT2D eigenvalue weighted by Gasteiger charge is -2.39. The summed E-state index contributed by atoms with van der Waals surface area (Å²) in [6, 6.07) is 14.8. The van der Waals surface area contributed by atoms with Crippen molar-refractivity contribution in [2.75, 3.05) is 59.1 Å². The molecule has 0 amide bonds. The molecule has 1 N–H and O–H groups in total. The molecule has 1 unspecified atom stereocenters. The van der Waals surface area contributed by atoms with Gasteiger partial charge in [-0.05, 0) is 86.8 Å². The molecule has 7 heteroatoms. The summed E-state index contributed by atoms with van der Waals surface area (Å²) in [5.74, 6) is 2.50. The van der Waals surface area contributed by atoms with Crippen LogP contribution in [0.25, 0.3) is 0 Å². The molecule has 0 radical (unpaired) electrons. The summed E-state index contributed by atoms with van der Waals surface area (Å²) >= 11 is 0. The monoisotopic (exact) mass is 541 g/mol. The van der Waals surface area contributed by atoms with E-state index in [0.717, 1.165) is 74.6 Å². The van der Waals surface area contributed by atoms with Gasteiger partial charge in [-0.3, -0.25) is 0 Å². The average Bonchev–Trinajstić information content (AvgIpc) is 2.95. The SMILES string of the molecule is COCCCN1CCOc2ccc(CO[C@H]3CC[C@@H](CC(C)(O)CCOC)C[C@@H]3c3ccc(OC)cc3)cc21. The summed E-state index contributed by atoms with van der Waals surface area (Å²) in [6.07, 6.45) is 5.54. The van der Waals surface area contributed by atoms with Crippen LogP contribution in [0.15, 0.2) is 42.5 Å². The van der Waals surface area contributed by atoms with Crippen molar-refractivity contribution < 1.29 is 28.8 Å². The van der Waals surface area contributed by atoms with Crippen molar-refractivity contribution in [2.45, 2.75) is 69.7 Å². The van der Waals surface area contributed by atoms with Crippen LogP contribution in [0.5, 0.6) is 11.5 Å². The molecule has 1 fully saturated rings. The maximum atomic E-state index is 11.0. The van der Waals surface area contributed by atoms with Gasteiger partial charge in [0.25, 0.3) is 0 Å². The second kappa shape index (κ2) is 14.4. The first-order valence-electron chi connectivity index (χ1n) is 14.4. The molecule has 4 atom stereocenters. The van der Waals surface area contributed by atoms with Crippen molar-refractivity contribution in [3.63, 3.8) is 0 Å². The first-order chi connectivity index (χ1) is 18.9. The van der Waals surface area contributed by atoms with E-state index in [-0.39, 0.29) is 12.0 Å². The normalized spacial score (nSPS) is 22.6. The Morgan fingerprint density at radius 2 is 1.82 bits per heavy atom. The minimum atomic E-state index is -0.723. The molecular weight excluding hydrogens is 494 g/mol. The van der Waals surface area contributed by atoms with E-state index in [1.54, 1.807) is 21.3 Å². The Balaban J connectivity index is 1.45. The van der Waals surface area contributed by atoms with Crippen LogP contribution in [-0.4, -0.2) is 71.1 Å². The van der Waals surface area contributed by atoms with Crippen molar-refractivity contribution >= 4 is 5.69 Å². The van der Waals surface area contributed by atoms with E-state index in [0.29, 0.717) is 32.2 Å². The highest BCUT2D eigenvalue weighted by molar-refractivity contribution is 5.61. The second-order valence-electron chi connectivity index (χ2n) is 11.3. The molecule has 1 heterocycles. The van der Waals surface area contributed by atoms with Crippen LogP contribution in [-0.2, 0) is 20.8 Å². The Morgan fingerprint density at radius 3 is 2.56 bits per heavy atom. The van der Waals surface area contributed by atoms with Gasteiger partial charge in [0.1, 0.15) is 18.1 Å². The lowest BCUT2D eigenvalue weighted by molar-refractivity contribution is -0.0335. The quantitative estimate of drug-likeness (QED) is 0.313. The number of hydrogen-bond donors (Lipinski definition) is 1. The van der Waals surface area contributed by atoms with E-state index >= 15 is 0 Å². The van der Waals surface area contributed by atoms with Gasteiger partial charge in [-0.2, -0.15) is 0 Å². The highest BCUT2D eigenvalue weighted by atomic mass is 16.5. The van der Waals surface area contributed by atoms with Gasteiger partial charge in [0.15, 0.2) is 0 Å². The van der Waals surface area contributed by atoms with Gasteiger partial charge in [0.2, 0.25) is 0 Å². The molecule has 0 saturated heterocycles. The van der Waals surface area contributed by atoms with Gasteiger partial charge < -0.3 is 33.7 Å². The molecule has 1 saturated carbocycles. The van der Waals surface area contributed by atoms with E-state index in [1.165, 1.54) is 5.56 Å². The predicted octanol–water partition coefficient (Wildman–Crippen LogP) is 5.58. The molecule has 4 rings (SSSR count). The summed E-state index contributed by atoms with van der Waals surface area (Å²) in [7, 11) is 5.13. The molecule has 0 bridgehead atoms. The van der Waals surface area contributed by atoms with Crippen LogP contribution in [0.2, 0.25) is 0 Å². The Hall–Kier alpha value is -2.32. The number of benzene rings is 2. The standard InChI is InChI=1S/C32H47NO6/c1-32(34,14-18-36-3)22-24-6-12-30(28(20-24)26-8-10-27(37-4)11-9-26)39-23-25-7-13-31-29(21-25)33(16-19-38-31)15-5-17-35-2/h7-11,13,21,24,28,30,34H,5-6,12,14-20,22-23H2,1-4H3/t24-,28-,30+,32?/m1/s1. The highest BCUT2D eigenvalue weighted by Gasteiger charge is 2.35. The first-order valence-corrected chi connectivity index (χ1v) is 14.4. The van der Waals surface area contributed by atoms with Crippen LogP contribution in [0.1, 0.15) is 62.5 Å². The smallest absolute Gasteiger partial charge is 0.142 e. The summed E-state index contributed by atoms with van der Waals surface area (Å²) in [5.41, 5.74) is 2.85. The number of aliphatic hydroxyl groups is 1. The first kappa shape index (κ1) is 29.7. The maximum absolute atomic E-state index is 11.0. The van der Waals surface area contributed by atoms with Crippen molar-refractivity contribution in [3.8, 4) is 11.5 Å². The molecule has 0 aromatic heterocycles. The fourth-order valence-electron chi connectivity index (χ4n) is 6.11. The van der Waals surface area contributed by atoms with Crippen molar-refractivity contribution in [1.82, 2.24) is 0 Å². The molecule has 0 spiro atoms. The predicted molar refractivity (Wildman–Crippen MR) is 154 cm³/mol. The van der Waals surface area contributed by atoms with Crippen LogP contribution in [0.3, 0.4) is 0 Å². The number of hydrogen-bond acceptors (Lipinski definition) is 7. The number of nitrogens with zero attached hydrogens (tertiary/aromatic N) is 1. The van der Waals surface area contributed by atoms with Crippen molar-refractivity contribution in [1.29, 1.82) is 0 Å². The van der Waals surface area contributed by atoms with E-state index in [9.17, 15) is 5.11 Å². The summed E-state index contributed by atoms with van der Waals surface area (Å²) in [4.78, 5) is 2.39. The molecule has 1 aliphatic heterocycles. The van der Waals surface area contributed by atoms with Crippen LogP contribution in [0, 0.1) is 5.92 Å². The Morgan fingerprint density at radius 1 is 1.03 bits per heavy atom. The van der Waals surface area contributed by atoms with E-state index in [2.05, 4.69) is 35.2 Å². The van der Waals surface area contributed by atoms with Gasteiger partial charge >= 0.3 is 0 Å². The van der Waals surface area contributed by atoms with Gasteiger partial charge in [0, 0.05) is 39.9 Å². The van der Waals surface area contributed by atoms with Crippen LogP contribution < -0.4 is 14.4 Å². The number of fused-ring (bicyclic) bond motifs is 1. The Labute approximate surface area is 234 Å². The molecular formula is C32H47NO6. The fraction of sp³-hybridized carbons (Fsp3) is 0.625. The number of ether oxygens (including phenoxy) is 5. The van der Waals surface area contributed by atoms with Gasteiger partial charge in [-0.25, -0.2) is 0 Å². The van der Waals surface area contributed by atoms with Gasteiger partial charge in [0.05, 0.1) is 37.7 Å². The van der Waals surface area contributed by atoms with Crippen molar-refractivity contribution in [3.05, 3.63) is 53.6 Å². The van der Waals surface area contributed by atoms with Crippen LogP contribution in [0.4, 0.5) is 5.69 Å².